The molecule has 0 bridgehead atoms. The minimum atomic E-state index is -3.72. The van der Waals surface area contributed by atoms with Crippen LogP contribution in [-0.4, -0.2) is 51.6 Å². The zero-order valence-corrected chi connectivity index (χ0v) is 18.0. The summed E-state index contributed by atoms with van der Waals surface area (Å²) in [5, 5.41) is 11.1. The van der Waals surface area contributed by atoms with Crippen molar-refractivity contribution in [3.8, 4) is 10.6 Å². The lowest BCUT2D eigenvalue weighted by Gasteiger charge is -2.24. The lowest BCUT2D eigenvalue weighted by atomic mass is 10.1. The largest absolute Gasteiger partial charge is 0.373 e. The average molecular weight is 435 g/mol. The number of nitrogens with two attached hydrogens (primary N) is 1. The highest BCUT2D eigenvalue weighted by Crippen LogP contribution is 2.29. The van der Waals surface area contributed by atoms with Crippen molar-refractivity contribution in [2.45, 2.75) is 11.8 Å². The van der Waals surface area contributed by atoms with Gasteiger partial charge in [0.1, 0.15) is 17.0 Å². The third kappa shape index (κ3) is 4.66. The summed E-state index contributed by atoms with van der Waals surface area (Å²) < 4.78 is 28.0. The first-order valence-corrected chi connectivity index (χ1v) is 11.2. The predicted molar refractivity (Wildman–Crippen MR) is 113 cm³/mol. The molecule has 29 heavy (non-hydrogen) atoms. The van der Waals surface area contributed by atoms with Gasteiger partial charge in [-0.15, -0.1) is 11.3 Å². The maximum Gasteiger partial charge on any atom is 0.259 e. The zero-order chi connectivity index (χ0) is 21.2. The molecular weight excluding hydrogens is 412 g/mol. The van der Waals surface area contributed by atoms with Crippen molar-refractivity contribution in [3.63, 3.8) is 0 Å². The number of carbonyl (C=O) groups is 1. The van der Waals surface area contributed by atoms with Gasteiger partial charge in [-0.2, -0.15) is 0 Å². The van der Waals surface area contributed by atoms with Gasteiger partial charge in [-0.25, -0.2) is 13.6 Å². The number of aryl methyl sites for hydroxylation is 1. The van der Waals surface area contributed by atoms with Crippen LogP contribution in [0.3, 0.4) is 0 Å². The summed E-state index contributed by atoms with van der Waals surface area (Å²) in [6.45, 7) is 2.74. The molecule has 0 saturated heterocycles. The van der Waals surface area contributed by atoms with Crippen molar-refractivity contribution in [3.05, 3.63) is 53.1 Å². The molecular formula is C19H22N4O4S2. The van der Waals surface area contributed by atoms with Crippen LogP contribution < -0.4 is 10.0 Å². The Morgan fingerprint density at radius 1 is 1.17 bits per heavy atom. The van der Waals surface area contributed by atoms with Gasteiger partial charge in [0.05, 0.1) is 9.77 Å². The molecule has 0 saturated carbocycles. The standard InChI is InChI=1S/C19H22N4O4S2/c1-13-17(18(21-27-13)16-5-4-12-28-16)19(24)23(3)11-10-22(2)14-6-8-15(9-7-14)29(20,25)26/h4-9,12H,10-11H2,1-3H3,(H2,20,25,26). The molecule has 8 nitrogen and oxygen atoms in total. The highest BCUT2D eigenvalue weighted by molar-refractivity contribution is 7.89. The van der Waals surface area contributed by atoms with Gasteiger partial charge in [-0.05, 0) is 42.6 Å². The van der Waals surface area contributed by atoms with Crippen LogP contribution in [0.5, 0.6) is 0 Å². The first kappa shape index (κ1) is 21.0. The second-order valence-electron chi connectivity index (χ2n) is 6.63. The van der Waals surface area contributed by atoms with E-state index in [-0.39, 0.29) is 10.8 Å². The van der Waals surface area contributed by atoms with E-state index in [1.807, 2.05) is 29.5 Å². The highest BCUT2D eigenvalue weighted by Gasteiger charge is 2.25. The Kier molecular flexibility index (Phi) is 6.06. The summed E-state index contributed by atoms with van der Waals surface area (Å²) in [7, 11) is -0.125. The van der Waals surface area contributed by atoms with E-state index < -0.39 is 10.0 Å². The normalized spacial score (nSPS) is 11.4. The number of hydrogen-bond donors (Lipinski definition) is 1. The first-order valence-electron chi connectivity index (χ1n) is 8.78. The third-order valence-corrected chi connectivity index (χ3v) is 6.36. The lowest BCUT2D eigenvalue weighted by Crippen LogP contribution is -2.35. The summed E-state index contributed by atoms with van der Waals surface area (Å²) >= 11 is 1.50. The maximum atomic E-state index is 13.0. The second-order valence-corrected chi connectivity index (χ2v) is 9.14. The van der Waals surface area contributed by atoms with Crippen LogP contribution in [0, 0.1) is 6.92 Å². The van der Waals surface area contributed by atoms with E-state index in [4.69, 9.17) is 9.66 Å². The molecule has 2 aromatic heterocycles. The number of carbonyl (C=O) groups excluding carboxylic acids is 1. The Hall–Kier alpha value is -2.69. The van der Waals surface area contributed by atoms with Gasteiger partial charge in [0.15, 0.2) is 0 Å². The number of amides is 1. The van der Waals surface area contributed by atoms with Crippen LogP contribution in [0.25, 0.3) is 10.6 Å². The number of rotatable bonds is 7. The van der Waals surface area contributed by atoms with E-state index in [1.165, 1.54) is 23.5 Å². The molecule has 0 spiro atoms. The molecule has 0 fully saturated rings. The average Bonchev–Trinajstić information content (AvgIpc) is 3.34. The van der Waals surface area contributed by atoms with Crippen molar-refractivity contribution in [2.75, 3.05) is 32.1 Å². The number of sulfonamides is 1. The Labute approximate surface area is 173 Å². The van der Waals surface area contributed by atoms with Crippen molar-refractivity contribution >= 4 is 33.0 Å². The number of nitrogens with zero attached hydrogens (tertiary/aromatic N) is 3. The van der Waals surface area contributed by atoms with E-state index >= 15 is 0 Å². The number of primary sulfonamides is 1. The Morgan fingerprint density at radius 3 is 2.45 bits per heavy atom. The molecule has 1 aromatic carbocycles. The maximum absolute atomic E-state index is 13.0. The molecule has 3 aromatic rings. The van der Waals surface area contributed by atoms with Gasteiger partial charge in [0, 0.05) is 32.9 Å². The summed E-state index contributed by atoms with van der Waals surface area (Å²) in [5.74, 6) is 0.322. The molecule has 10 heteroatoms. The van der Waals surface area contributed by atoms with Gasteiger partial charge in [0.25, 0.3) is 5.91 Å². The summed E-state index contributed by atoms with van der Waals surface area (Å²) in [6.07, 6.45) is 0. The van der Waals surface area contributed by atoms with Gasteiger partial charge < -0.3 is 14.3 Å². The molecule has 0 unspecified atom stereocenters. The first-order chi connectivity index (χ1) is 13.7. The summed E-state index contributed by atoms with van der Waals surface area (Å²) in [4.78, 5) is 17.5. The molecule has 2 heterocycles. The number of benzene rings is 1. The quantitative estimate of drug-likeness (QED) is 0.612. The lowest BCUT2D eigenvalue weighted by molar-refractivity contribution is 0.0797. The topological polar surface area (TPSA) is 110 Å². The van der Waals surface area contributed by atoms with Crippen molar-refractivity contribution < 1.29 is 17.7 Å². The Balaban J connectivity index is 1.67. The predicted octanol–water partition coefficient (Wildman–Crippen LogP) is 2.57. The number of likely N-dealkylation sites (N-methyl/N-ethyl adjacent to an activating group) is 2. The van der Waals surface area contributed by atoms with Crippen LogP contribution in [0.4, 0.5) is 5.69 Å². The van der Waals surface area contributed by atoms with E-state index in [1.54, 1.807) is 31.0 Å². The molecule has 0 aliphatic carbocycles. The molecule has 0 aliphatic heterocycles. The molecule has 3 rings (SSSR count). The van der Waals surface area contributed by atoms with Crippen LogP contribution >= 0.6 is 11.3 Å². The molecule has 0 atom stereocenters. The fourth-order valence-electron chi connectivity index (χ4n) is 2.82. The van der Waals surface area contributed by atoms with E-state index in [9.17, 15) is 13.2 Å². The summed E-state index contributed by atoms with van der Waals surface area (Å²) in [6, 6.07) is 10.1. The summed E-state index contributed by atoms with van der Waals surface area (Å²) in [5.41, 5.74) is 1.84. The zero-order valence-electron chi connectivity index (χ0n) is 16.3. The highest BCUT2D eigenvalue weighted by atomic mass is 32.2. The number of aromatic nitrogens is 1. The van der Waals surface area contributed by atoms with E-state index in [2.05, 4.69) is 5.16 Å². The van der Waals surface area contributed by atoms with Gasteiger partial charge >= 0.3 is 0 Å². The fraction of sp³-hybridized carbons (Fsp3) is 0.263. The van der Waals surface area contributed by atoms with Gasteiger partial charge in [0.2, 0.25) is 10.0 Å². The van der Waals surface area contributed by atoms with Crippen molar-refractivity contribution in [1.29, 1.82) is 0 Å². The monoisotopic (exact) mass is 434 g/mol. The van der Waals surface area contributed by atoms with Crippen LogP contribution in [0.15, 0.2) is 51.2 Å². The van der Waals surface area contributed by atoms with E-state index in [0.29, 0.717) is 30.1 Å². The molecule has 2 N–H and O–H groups in total. The fourth-order valence-corrected chi connectivity index (χ4v) is 4.04. The minimum absolute atomic E-state index is 0.0611. The SMILES string of the molecule is Cc1onc(-c2cccs2)c1C(=O)N(C)CCN(C)c1ccc(S(N)(=O)=O)cc1. The molecule has 1 amide bonds. The second kappa shape index (κ2) is 8.36. The Bertz CT molecular complexity index is 1090. The molecule has 0 radical (unpaired) electrons. The number of thiophene rings is 1. The van der Waals surface area contributed by atoms with Crippen LogP contribution in [0.1, 0.15) is 16.1 Å². The molecule has 154 valence electrons. The van der Waals surface area contributed by atoms with Crippen LogP contribution in [-0.2, 0) is 10.0 Å². The van der Waals surface area contributed by atoms with E-state index in [0.717, 1.165) is 10.6 Å². The smallest absolute Gasteiger partial charge is 0.259 e. The number of hydrogen-bond acceptors (Lipinski definition) is 7. The number of anilines is 1. The minimum Gasteiger partial charge on any atom is -0.373 e. The Morgan fingerprint density at radius 2 is 1.86 bits per heavy atom. The van der Waals surface area contributed by atoms with Crippen molar-refractivity contribution in [2.24, 2.45) is 5.14 Å². The van der Waals surface area contributed by atoms with Crippen LogP contribution in [0.2, 0.25) is 0 Å². The van der Waals surface area contributed by atoms with Gasteiger partial charge in [-0.3, -0.25) is 4.79 Å². The van der Waals surface area contributed by atoms with Crippen molar-refractivity contribution in [1.82, 2.24) is 10.1 Å². The van der Waals surface area contributed by atoms with Gasteiger partial charge in [-0.1, -0.05) is 11.2 Å². The third-order valence-electron chi connectivity index (χ3n) is 4.55. The molecule has 0 aliphatic rings.